The van der Waals surface area contributed by atoms with Gasteiger partial charge in [-0.05, 0) is 24.6 Å². The van der Waals surface area contributed by atoms with Crippen molar-refractivity contribution >= 4 is 5.91 Å². The third kappa shape index (κ3) is 5.12. The molecule has 1 heterocycles. The van der Waals surface area contributed by atoms with Crippen LogP contribution in [-0.4, -0.2) is 34.4 Å². The summed E-state index contributed by atoms with van der Waals surface area (Å²) in [5.74, 6) is 0.0884. The fraction of sp³-hybridized carbons (Fsp3) is 0.421. The second-order valence-electron chi connectivity index (χ2n) is 7.31. The number of aryl methyl sites for hydroxylation is 1. The molecule has 0 aliphatic rings. The number of nitrogens with zero attached hydrogens (tertiary/aromatic N) is 2. The van der Waals surface area contributed by atoms with E-state index in [9.17, 15) is 18.4 Å². The van der Waals surface area contributed by atoms with Crippen LogP contribution in [0.3, 0.4) is 0 Å². The number of benzene rings is 1. The lowest BCUT2D eigenvalue weighted by atomic mass is 9.95. The zero-order valence-electron chi connectivity index (χ0n) is 16.0. The van der Waals surface area contributed by atoms with E-state index in [1.54, 1.807) is 26.1 Å². The Morgan fingerprint density at radius 3 is 2.33 bits per heavy atom. The fourth-order valence-electron chi connectivity index (χ4n) is 2.51. The topological polar surface area (TPSA) is 75.3 Å². The van der Waals surface area contributed by atoms with E-state index in [0.717, 1.165) is 0 Å². The number of amides is 1. The Morgan fingerprint density at radius 2 is 1.85 bits per heavy atom. The molecule has 0 fully saturated rings. The Hall–Kier alpha value is -2.77. The standard InChI is InChI=1S/C19H23F2N3O3/c1-11-14(15(25)23-17(22-11)19(2,3)4)16(26)24(5)10-12-6-8-13(9-7-12)27-18(20)21/h6-9,18H,10H2,1-5H3,(H,22,23,25). The largest absolute Gasteiger partial charge is 0.435 e. The summed E-state index contributed by atoms with van der Waals surface area (Å²) in [4.78, 5) is 33.5. The number of aromatic amines is 1. The van der Waals surface area contributed by atoms with Crippen LogP contribution in [0, 0.1) is 6.92 Å². The molecule has 6 nitrogen and oxygen atoms in total. The molecule has 2 rings (SSSR count). The van der Waals surface area contributed by atoms with Gasteiger partial charge in [0.15, 0.2) is 0 Å². The molecule has 0 aliphatic carbocycles. The first-order chi connectivity index (χ1) is 12.5. The molecule has 0 radical (unpaired) electrons. The van der Waals surface area contributed by atoms with Gasteiger partial charge >= 0.3 is 6.61 Å². The maximum absolute atomic E-state index is 12.7. The number of aromatic nitrogens is 2. The Bertz CT molecular complexity index is 871. The zero-order chi connectivity index (χ0) is 20.4. The van der Waals surface area contributed by atoms with Gasteiger partial charge in [0, 0.05) is 19.0 Å². The van der Waals surface area contributed by atoms with Crippen molar-refractivity contribution in [1.82, 2.24) is 14.9 Å². The van der Waals surface area contributed by atoms with Gasteiger partial charge in [-0.2, -0.15) is 8.78 Å². The van der Waals surface area contributed by atoms with Gasteiger partial charge in [-0.1, -0.05) is 32.9 Å². The third-order valence-electron chi connectivity index (χ3n) is 3.94. The van der Waals surface area contributed by atoms with Gasteiger partial charge in [0.05, 0.1) is 5.69 Å². The predicted molar refractivity (Wildman–Crippen MR) is 97.2 cm³/mol. The Morgan fingerprint density at radius 1 is 1.26 bits per heavy atom. The SMILES string of the molecule is Cc1nc(C(C)(C)C)[nH]c(=O)c1C(=O)N(C)Cc1ccc(OC(F)F)cc1. The molecule has 0 aliphatic heterocycles. The van der Waals surface area contributed by atoms with Crippen molar-refractivity contribution in [2.45, 2.75) is 46.3 Å². The summed E-state index contributed by atoms with van der Waals surface area (Å²) in [7, 11) is 1.56. The lowest BCUT2D eigenvalue weighted by Crippen LogP contribution is -2.34. The van der Waals surface area contributed by atoms with Crippen LogP contribution < -0.4 is 10.3 Å². The third-order valence-corrected chi connectivity index (χ3v) is 3.94. The summed E-state index contributed by atoms with van der Waals surface area (Å²) in [6.45, 7) is 4.69. The highest BCUT2D eigenvalue weighted by Gasteiger charge is 2.24. The number of carbonyl (C=O) groups excluding carboxylic acids is 1. The van der Waals surface area contributed by atoms with Crippen LogP contribution in [0.1, 0.15) is 48.2 Å². The predicted octanol–water partition coefficient (Wildman–Crippen LogP) is 3.25. The first-order valence-electron chi connectivity index (χ1n) is 8.39. The van der Waals surface area contributed by atoms with Gasteiger partial charge in [-0.15, -0.1) is 0 Å². The van der Waals surface area contributed by atoms with Crippen molar-refractivity contribution in [2.24, 2.45) is 0 Å². The molecule has 0 unspecified atom stereocenters. The number of rotatable bonds is 5. The summed E-state index contributed by atoms with van der Waals surface area (Å²) in [6, 6.07) is 5.97. The maximum atomic E-state index is 12.7. The van der Waals surface area contributed by atoms with Gasteiger partial charge in [0.25, 0.3) is 11.5 Å². The van der Waals surface area contributed by atoms with Crippen molar-refractivity contribution in [3.05, 3.63) is 57.3 Å². The van der Waals surface area contributed by atoms with Gasteiger partial charge in [-0.3, -0.25) is 9.59 Å². The van der Waals surface area contributed by atoms with Gasteiger partial charge in [0.2, 0.25) is 0 Å². The summed E-state index contributed by atoms with van der Waals surface area (Å²) >= 11 is 0. The molecule has 146 valence electrons. The minimum Gasteiger partial charge on any atom is -0.435 e. The van der Waals surface area contributed by atoms with Gasteiger partial charge in [-0.25, -0.2) is 4.98 Å². The molecular formula is C19H23F2N3O3. The van der Waals surface area contributed by atoms with E-state index >= 15 is 0 Å². The van der Waals surface area contributed by atoms with E-state index in [-0.39, 0.29) is 23.3 Å². The molecule has 0 saturated carbocycles. The van der Waals surface area contributed by atoms with Gasteiger partial charge < -0.3 is 14.6 Å². The molecule has 27 heavy (non-hydrogen) atoms. The van der Waals surface area contributed by atoms with E-state index < -0.39 is 18.1 Å². The Kier molecular flexibility index (Phi) is 5.98. The van der Waals surface area contributed by atoms with Crippen LogP contribution in [0.25, 0.3) is 0 Å². The number of alkyl halides is 2. The van der Waals surface area contributed by atoms with E-state index in [4.69, 9.17) is 0 Å². The highest BCUT2D eigenvalue weighted by atomic mass is 19.3. The molecule has 1 N–H and O–H groups in total. The quantitative estimate of drug-likeness (QED) is 0.865. The molecule has 1 amide bonds. The van der Waals surface area contributed by atoms with E-state index in [0.29, 0.717) is 17.1 Å². The van der Waals surface area contributed by atoms with Crippen LogP contribution in [0.15, 0.2) is 29.1 Å². The number of H-pyrrole nitrogens is 1. The minimum atomic E-state index is -2.89. The van der Waals surface area contributed by atoms with Crippen molar-refractivity contribution in [3.8, 4) is 5.75 Å². The summed E-state index contributed by atoms with van der Waals surface area (Å²) < 4.78 is 28.7. The van der Waals surface area contributed by atoms with Crippen molar-refractivity contribution in [3.63, 3.8) is 0 Å². The Labute approximate surface area is 156 Å². The number of ether oxygens (including phenoxy) is 1. The molecule has 0 saturated heterocycles. The van der Waals surface area contributed by atoms with Crippen LogP contribution in [-0.2, 0) is 12.0 Å². The molecule has 0 spiro atoms. The maximum Gasteiger partial charge on any atom is 0.387 e. The first kappa shape index (κ1) is 20.5. The summed E-state index contributed by atoms with van der Waals surface area (Å²) in [5.41, 5.74) is 0.231. The second-order valence-corrected chi connectivity index (χ2v) is 7.31. The normalized spacial score (nSPS) is 11.6. The minimum absolute atomic E-state index is 0.0110. The van der Waals surface area contributed by atoms with Crippen LogP contribution in [0.4, 0.5) is 8.78 Å². The second kappa shape index (κ2) is 7.85. The van der Waals surface area contributed by atoms with Crippen LogP contribution in [0.5, 0.6) is 5.75 Å². The lowest BCUT2D eigenvalue weighted by molar-refractivity contribution is -0.0498. The Balaban J connectivity index is 2.19. The number of carbonyl (C=O) groups is 1. The van der Waals surface area contributed by atoms with E-state index in [1.807, 2.05) is 20.8 Å². The number of hydrogen-bond acceptors (Lipinski definition) is 4. The number of hydrogen-bond donors (Lipinski definition) is 1. The van der Waals surface area contributed by atoms with E-state index in [1.165, 1.54) is 17.0 Å². The molecule has 2 aromatic rings. The van der Waals surface area contributed by atoms with Crippen molar-refractivity contribution in [1.29, 1.82) is 0 Å². The van der Waals surface area contributed by atoms with Crippen LogP contribution >= 0.6 is 0 Å². The fourth-order valence-corrected chi connectivity index (χ4v) is 2.51. The molecule has 1 aromatic carbocycles. The number of halogens is 2. The van der Waals surface area contributed by atoms with Crippen LogP contribution in [0.2, 0.25) is 0 Å². The highest BCUT2D eigenvalue weighted by molar-refractivity contribution is 5.94. The van der Waals surface area contributed by atoms with Gasteiger partial charge in [0.1, 0.15) is 17.1 Å². The highest BCUT2D eigenvalue weighted by Crippen LogP contribution is 2.19. The lowest BCUT2D eigenvalue weighted by Gasteiger charge is -2.21. The molecule has 8 heteroatoms. The molecule has 0 atom stereocenters. The summed E-state index contributed by atoms with van der Waals surface area (Å²) in [5, 5.41) is 0. The average molecular weight is 379 g/mol. The zero-order valence-corrected chi connectivity index (χ0v) is 16.0. The monoisotopic (exact) mass is 379 g/mol. The average Bonchev–Trinajstić information content (AvgIpc) is 2.54. The summed E-state index contributed by atoms with van der Waals surface area (Å²) in [6.07, 6.45) is 0. The van der Waals surface area contributed by atoms with E-state index in [2.05, 4.69) is 14.7 Å². The van der Waals surface area contributed by atoms with Crippen molar-refractivity contribution in [2.75, 3.05) is 7.05 Å². The molecule has 0 bridgehead atoms. The molecule has 1 aromatic heterocycles. The first-order valence-corrected chi connectivity index (χ1v) is 8.39. The number of nitrogens with one attached hydrogen (secondary N) is 1. The smallest absolute Gasteiger partial charge is 0.387 e. The van der Waals surface area contributed by atoms with Crippen molar-refractivity contribution < 1.29 is 18.3 Å². The molecular weight excluding hydrogens is 356 g/mol.